The molecular weight excluding hydrogens is 210 g/mol. The summed E-state index contributed by atoms with van der Waals surface area (Å²) in [5.74, 6) is 0.843. The van der Waals surface area contributed by atoms with Gasteiger partial charge in [0.1, 0.15) is 5.01 Å². The van der Waals surface area contributed by atoms with Crippen LogP contribution in [0.25, 0.3) is 4.96 Å². The van der Waals surface area contributed by atoms with Gasteiger partial charge >= 0.3 is 0 Å². The smallest absolute Gasteiger partial charge is 0.234 e. The van der Waals surface area contributed by atoms with Crippen molar-refractivity contribution in [2.75, 3.05) is 6.54 Å². The van der Waals surface area contributed by atoms with Crippen LogP contribution in [0.2, 0.25) is 0 Å². The molecule has 2 aromatic rings. The molecule has 6 heteroatoms. The molecule has 2 heterocycles. The van der Waals surface area contributed by atoms with E-state index in [9.17, 15) is 0 Å². The van der Waals surface area contributed by atoms with E-state index < -0.39 is 0 Å². The van der Waals surface area contributed by atoms with Crippen molar-refractivity contribution in [3.05, 3.63) is 10.8 Å². The van der Waals surface area contributed by atoms with Crippen LogP contribution >= 0.6 is 11.3 Å². The van der Waals surface area contributed by atoms with E-state index in [4.69, 9.17) is 0 Å². The fraction of sp³-hybridized carbons (Fsp3) is 0.667. The number of nitrogens with one attached hydrogen (secondary N) is 1. The van der Waals surface area contributed by atoms with Crippen molar-refractivity contribution in [1.29, 1.82) is 0 Å². The topological polar surface area (TPSA) is 55.1 Å². The Morgan fingerprint density at radius 3 is 2.93 bits per heavy atom. The minimum absolute atomic E-state index is 0.288. The van der Waals surface area contributed by atoms with Gasteiger partial charge in [-0.05, 0) is 26.8 Å². The predicted octanol–water partition coefficient (Wildman–Crippen LogP) is 1.55. The molecule has 0 aliphatic heterocycles. The van der Waals surface area contributed by atoms with Crippen LogP contribution in [0.15, 0.2) is 0 Å². The van der Waals surface area contributed by atoms with Crippen molar-refractivity contribution in [2.45, 2.75) is 33.2 Å². The summed E-state index contributed by atoms with van der Waals surface area (Å²) in [5.41, 5.74) is 0. The standard InChI is InChI=1S/C9H15N5S/c1-4-5-10-6(2)8-13-14-7(3)11-12-9(14)15-8/h6,10H,4-5H2,1-3H3. The lowest BCUT2D eigenvalue weighted by molar-refractivity contribution is 0.561. The van der Waals surface area contributed by atoms with Crippen molar-refractivity contribution in [2.24, 2.45) is 0 Å². The third kappa shape index (κ3) is 2.00. The molecule has 0 aliphatic carbocycles. The van der Waals surface area contributed by atoms with Crippen LogP contribution in [-0.2, 0) is 0 Å². The van der Waals surface area contributed by atoms with Crippen molar-refractivity contribution >= 4 is 16.3 Å². The largest absolute Gasteiger partial charge is 0.308 e. The maximum absolute atomic E-state index is 4.47. The van der Waals surface area contributed by atoms with Crippen molar-refractivity contribution in [3.8, 4) is 0 Å². The summed E-state index contributed by atoms with van der Waals surface area (Å²) >= 11 is 1.59. The summed E-state index contributed by atoms with van der Waals surface area (Å²) in [6.45, 7) is 7.20. The molecule has 0 radical (unpaired) electrons. The highest BCUT2D eigenvalue weighted by atomic mass is 32.1. The van der Waals surface area contributed by atoms with E-state index in [1.807, 2.05) is 6.92 Å². The lowest BCUT2D eigenvalue weighted by Crippen LogP contribution is -2.19. The van der Waals surface area contributed by atoms with Crippen molar-refractivity contribution < 1.29 is 0 Å². The lowest BCUT2D eigenvalue weighted by atomic mass is 10.3. The molecule has 2 rings (SSSR count). The first-order valence-electron chi connectivity index (χ1n) is 5.14. The second-order valence-corrected chi connectivity index (χ2v) is 4.55. The Hall–Kier alpha value is -1.01. The molecule has 82 valence electrons. The lowest BCUT2D eigenvalue weighted by Gasteiger charge is -2.08. The van der Waals surface area contributed by atoms with E-state index in [2.05, 4.69) is 34.5 Å². The summed E-state index contributed by atoms with van der Waals surface area (Å²) in [7, 11) is 0. The number of hydrogen-bond donors (Lipinski definition) is 1. The van der Waals surface area contributed by atoms with Gasteiger partial charge < -0.3 is 5.32 Å². The first-order chi connectivity index (χ1) is 7.22. The third-order valence-electron chi connectivity index (χ3n) is 2.23. The molecule has 0 bridgehead atoms. The van der Waals surface area contributed by atoms with Gasteiger partial charge in [-0.2, -0.15) is 9.61 Å². The molecule has 0 aliphatic rings. The molecule has 2 aromatic heterocycles. The highest BCUT2D eigenvalue weighted by Gasteiger charge is 2.13. The average molecular weight is 225 g/mol. The van der Waals surface area contributed by atoms with E-state index in [1.54, 1.807) is 15.9 Å². The van der Waals surface area contributed by atoms with Crippen LogP contribution < -0.4 is 5.32 Å². The molecule has 0 saturated heterocycles. The van der Waals surface area contributed by atoms with Gasteiger partial charge in [-0.25, -0.2) is 0 Å². The Morgan fingerprint density at radius 1 is 1.47 bits per heavy atom. The van der Waals surface area contributed by atoms with E-state index in [0.29, 0.717) is 0 Å². The Balaban J connectivity index is 2.20. The van der Waals surface area contributed by atoms with Crippen LogP contribution in [0.4, 0.5) is 0 Å². The Bertz CT molecular complexity index is 446. The molecule has 1 N–H and O–H groups in total. The van der Waals surface area contributed by atoms with Gasteiger partial charge in [0.05, 0.1) is 6.04 Å². The maximum atomic E-state index is 4.47. The normalized spacial score (nSPS) is 13.5. The molecule has 0 fully saturated rings. The minimum atomic E-state index is 0.288. The average Bonchev–Trinajstić information content (AvgIpc) is 2.78. The first-order valence-corrected chi connectivity index (χ1v) is 5.96. The summed E-state index contributed by atoms with van der Waals surface area (Å²) in [6, 6.07) is 0.288. The molecular formula is C9H15N5S. The molecule has 15 heavy (non-hydrogen) atoms. The van der Waals surface area contributed by atoms with Crippen LogP contribution in [-0.4, -0.2) is 26.4 Å². The molecule has 1 unspecified atom stereocenters. The molecule has 0 aromatic carbocycles. The Labute approximate surface area is 92.5 Å². The van der Waals surface area contributed by atoms with Crippen LogP contribution in [0.5, 0.6) is 0 Å². The van der Waals surface area contributed by atoms with Gasteiger partial charge in [-0.3, -0.25) is 0 Å². The molecule has 0 spiro atoms. The van der Waals surface area contributed by atoms with Crippen LogP contribution in [0.1, 0.15) is 37.1 Å². The quantitative estimate of drug-likeness (QED) is 0.858. The van der Waals surface area contributed by atoms with E-state index in [0.717, 1.165) is 28.8 Å². The number of rotatable bonds is 4. The van der Waals surface area contributed by atoms with E-state index in [-0.39, 0.29) is 6.04 Å². The maximum Gasteiger partial charge on any atom is 0.234 e. The van der Waals surface area contributed by atoms with Crippen LogP contribution in [0.3, 0.4) is 0 Å². The zero-order chi connectivity index (χ0) is 10.8. The number of hydrogen-bond acceptors (Lipinski definition) is 5. The summed E-state index contributed by atoms with van der Waals surface area (Å²) in [4.78, 5) is 0.868. The Kier molecular flexibility index (Phi) is 2.97. The monoisotopic (exact) mass is 225 g/mol. The van der Waals surface area contributed by atoms with Gasteiger partial charge in [-0.1, -0.05) is 18.3 Å². The fourth-order valence-electron chi connectivity index (χ4n) is 1.35. The van der Waals surface area contributed by atoms with E-state index in [1.165, 1.54) is 0 Å². The molecule has 0 amide bonds. The Morgan fingerprint density at radius 2 is 2.27 bits per heavy atom. The minimum Gasteiger partial charge on any atom is -0.308 e. The fourth-order valence-corrected chi connectivity index (χ4v) is 2.26. The SMILES string of the molecule is CCCNC(C)c1nn2c(C)nnc2s1. The highest BCUT2D eigenvalue weighted by molar-refractivity contribution is 7.16. The zero-order valence-electron chi connectivity index (χ0n) is 9.19. The molecule has 5 nitrogen and oxygen atoms in total. The summed E-state index contributed by atoms with van der Waals surface area (Å²) in [6.07, 6.45) is 1.13. The third-order valence-corrected chi connectivity index (χ3v) is 3.31. The second-order valence-electron chi connectivity index (χ2n) is 3.56. The number of aromatic nitrogens is 4. The van der Waals surface area contributed by atoms with Gasteiger partial charge in [0, 0.05) is 0 Å². The van der Waals surface area contributed by atoms with Crippen LogP contribution in [0, 0.1) is 6.92 Å². The van der Waals surface area contributed by atoms with Gasteiger partial charge in [0.15, 0.2) is 5.82 Å². The zero-order valence-corrected chi connectivity index (χ0v) is 10.0. The van der Waals surface area contributed by atoms with Crippen molar-refractivity contribution in [3.63, 3.8) is 0 Å². The predicted molar refractivity (Wildman–Crippen MR) is 60.1 cm³/mol. The van der Waals surface area contributed by atoms with Gasteiger partial charge in [0.2, 0.25) is 4.96 Å². The number of fused-ring (bicyclic) bond motifs is 1. The summed E-state index contributed by atoms with van der Waals surface area (Å²) in [5, 5.41) is 16.9. The summed E-state index contributed by atoms with van der Waals surface area (Å²) < 4.78 is 1.80. The first kappa shape index (κ1) is 10.5. The molecule has 0 saturated carbocycles. The highest BCUT2D eigenvalue weighted by Crippen LogP contribution is 2.19. The molecule has 1 atom stereocenters. The van der Waals surface area contributed by atoms with Crippen molar-refractivity contribution in [1.82, 2.24) is 25.1 Å². The van der Waals surface area contributed by atoms with Gasteiger partial charge in [-0.15, -0.1) is 10.2 Å². The number of aryl methyl sites for hydroxylation is 1. The number of nitrogens with zero attached hydrogens (tertiary/aromatic N) is 4. The second kappa shape index (κ2) is 4.24. The van der Waals surface area contributed by atoms with Gasteiger partial charge in [0.25, 0.3) is 0 Å². The van der Waals surface area contributed by atoms with E-state index >= 15 is 0 Å².